The van der Waals surface area contributed by atoms with E-state index in [9.17, 15) is 9.59 Å². The van der Waals surface area contributed by atoms with E-state index in [4.69, 9.17) is 22.6 Å². The molecule has 2 aromatic heterocycles. The molecule has 5 aromatic rings. The minimum atomic E-state index is -0.799. The second-order valence-electron chi connectivity index (χ2n) is 16.4. The number of hydrogen-bond acceptors (Lipinski definition) is 5. The van der Waals surface area contributed by atoms with Gasteiger partial charge in [-0.25, -0.2) is 9.97 Å². The summed E-state index contributed by atoms with van der Waals surface area (Å²) in [4.78, 5) is 47.2. The summed E-state index contributed by atoms with van der Waals surface area (Å²) >= 11 is 5.14. The van der Waals surface area contributed by atoms with E-state index in [1.807, 2.05) is 35.9 Å². The summed E-state index contributed by atoms with van der Waals surface area (Å²) in [5.41, 5.74) is 5.90. The summed E-state index contributed by atoms with van der Waals surface area (Å²) in [6.45, 7) is 16.0. The number of nitrogens with one attached hydrogen (secondary N) is 2. The van der Waals surface area contributed by atoms with Crippen LogP contribution < -0.4 is 0 Å². The number of likely N-dealkylation sites (tertiary alicyclic amines) is 2. The van der Waals surface area contributed by atoms with Crippen molar-refractivity contribution in [2.45, 2.75) is 96.5 Å². The van der Waals surface area contributed by atoms with Crippen LogP contribution in [0, 0.1) is 17.3 Å². The van der Waals surface area contributed by atoms with Crippen LogP contribution in [-0.2, 0) is 14.5 Å². The number of thiol groups is 1. The molecule has 271 valence electrons. The van der Waals surface area contributed by atoms with Gasteiger partial charge < -0.3 is 19.8 Å². The third-order valence-corrected chi connectivity index (χ3v) is 13.5. The molecule has 7 rings (SSSR count). The van der Waals surface area contributed by atoms with Crippen LogP contribution in [-0.4, -0.2) is 64.9 Å². The fourth-order valence-electron chi connectivity index (χ4n) is 7.78. The number of H-pyrrole nitrogens is 2. The highest BCUT2D eigenvalue weighted by atomic mass is 32.1. The van der Waals surface area contributed by atoms with Crippen LogP contribution >= 0.6 is 12.6 Å². The van der Waals surface area contributed by atoms with E-state index in [1.54, 1.807) is 0 Å². The molecular formula is C42H51N6O2SSi. The lowest BCUT2D eigenvalue weighted by atomic mass is 9.81. The Kier molecular flexibility index (Phi) is 9.47. The van der Waals surface area contributed by atoms with Crippen molar-refractivity contribution in [3.8, 4) is 22.4 Å². The Hall–Kier alpha value is -3.89. The maximum Gasteiger partial charge on any atom is 0.226 e. The van der Waals surface area contributed by atoms with Gasteiger partial charge in [0.05, 0.1) is 29.0 Å². The highest BCUT2D eigenvalue weighted by Crippen LogP contribution is 2.47. The molecule has 2 aliphatic heterocycles. The molecule has 8 nitrogen and oxygen atoms in total. The number of imidazole rings is 2. The van der Waals surface area contributed by atoms with Gasteiger partial charge in [-0.15, -0.1) is 12.6 Å². The molecule has 10 heteroatoms. The number of amides is 2. The molecule has 2 aliphatic rings. The minimum Gasteiger partial charge on any atom is -0.340 e. The van der Waals surface area contributed by atoms with Crippen molar-refractivity contribution in [1.29, 1.82) is 0 Å². The normalized spacial score (nSPS) is 21.9. The summed E-state index contributed by atoms with van der Waals surface area (Å²) in [7, 11) is 3.83. The van der Waals surface area contributed by atoms with Gasteiger partial charge in [-0.1, -0.05) is 85.2 Å². The van der Waals surface area contributed by atoms with E-state index < -0.39 is 9.91 Å². The van der Waals surface area contributed by atoms with Crippen molar-refractivity contribution >= 4 is 56.5 Å². The van der Waals surface area contributed by atoms with Gasteiger partial charge in [-0.2, -0.15) is 0 Å². The number of aromatic nitrogens is 4. The number of carbonyl (C=O) groups excluding carboxylic acids is 2. The zero-order valence-electron chi connectivity index (χ0n) is 31.5. The smallest absolute Gasteiger partial charge is 0.226 e. The number of carbonyl (C=O) groups is 2. The summed E-state index contributed by atoms with van der Waals surface area (Å²) in [5.74, 6) is 1.95. The van der Waals surface area contributed by atoms with E-state index in [2.05, 4.69) is 103 Å². The SMILES string of the molecule is CCC(C)C(C)([Si])C(=O)N1CCCC1(S)c1nc2ccc(-c3ccc4cc(-c5cnc(C6CCCN6C(=O)C(C)C(C)(C)C)[nH]5)ccc4c3)cc2[nH]1. The van der Waals surface area contributed by atoms with E-state index in [1.165, 1.54) is 0 Å². The quantitative estimate of drug-likeness (QED) is 0.110. The summed E-state index contributed by atoms with van der Waals surface area (Å²) in [6, 6.07) is 19.3. The van der Waals surface area contributed by atoms with Gasteiger partial charge in [0.1, 0.15) is 16.5 Å². The molecule has 0 spiro atoms. The number of fused-ring (bicyclic) bond motifs is 2. The third-order valence-electron chi connectivity index (χ3n) is 12.1. The molecule has 3 radical (unpaired) electrons. The number of aromatic amines is 2. The molecule has 4 heterocycles. The van der Waals surface area contributed by atoms with Gasteiger partial charge in [-0.05, 0) is 83.2 Å². The minimum absolute atomic E-state index is 0.0186. The summed E-state index contributed by atoms with van der Waals surface area (Å²) < 4.78 is 0. The number of nitrogens with zero attached hydrogens (tertiary/aromatic N) is 4. The van der Waals surface area contributed by atoms with E-state index in [0.717, 1.165) is 88.7 Å². The Morgan fingerprint density at radius 1 is 0.962 bits per heavy atom. The molecule has 5 atom stereocenters. The average Bonchev–Trinajstić information content (AvgIpc) is 3.95. The highest BCUT2D eigenvalue weighted by molar-refractivity contribution is 7.81. The molecule has 0 bridgehead atoms. The van der Waals surface area contributed by atoms with Crippen molar-refractivity contribution in [2.24, 2.45) is 17.3 Å². The molecular weight excluding hydrogens is 681 g/mol. The summed E-state index contributed by atoms with van der Waals surface area (Å²) in [5, 5.41) is 1.61. The first kappa shape index (κ1) is 36.5. The highest BCUT2D eigenvalue weighted by Gasteiger charge is 2.49. The van der Waals surface area contributed by atoms with Gasteiger partial charge in [0.2, 0.25) is 11.8 Å². The van der Waals surface area contributed by atoms with Crippen LogP contribution in [0.25, 0.3) is 44.2 Å². The predicted molar refractivity (Wildman–Crippen MR) is 214 cm³/mol. The molecule has 0 saturated carbocycles. The zero-order valence-corrected chi connectivity index (χ0v) is 33.4. The first-order chi connectivity index (χ1) is 24.6. The molecule has 2 fully saturated rings. The largest absolute Gasteiger partial charge is 0.340 e. The van der Waals surface area contributed by atoms with Gasteiger partial charge in [0, 0.05) is 39.9 Å². The van der Waals surface area contributed by atoms with Crippen molar-refractivity contribution in [2.75, 3.05) is 13.1 Å². The van der Waals surface area contributed by atoms with Crippen LogP contribution in [0.15, 0.2) is 60.8 Å². The van der Waals surface area contributed by atoms with Crippen molar-refractivity contribution in [1.82, 2.24) is 29.7 Å². The molecule has 0 aliphatic carbocycles. The molecule has 2 N–H and O–H groups in total. The maximum absolute atomic E-state index is 13.8. The Morgan fingerprint density at radius 3 is 2.35 bits per heavy atom. The molecule has 3 aromatic carbocycles. The summed E-state index contributed by atoms with van der Waals surface area (Å²) in [6.07, 6.45) is 6.31. The average molecular weight is 732 g/mol. The lowest BCUT2D eigenvalue weighted by Gasteiger charge is -2.40. The number of benzene rings is 3. The topological polar surface area (TPSA) is 98.0 Å². The molecule has 2 amide bonds. The number of rotatable bonds is 8. The first-order valence-corrected chi connectivity index (χ1v) is 19.8. The first-order valence-electron chi connectivity index (χ1n) is 18.8. The van der Waals surface area contributed by atoms with Crippen LogP contribution in [0.2, 0.25) is 5.04 Å². The Morgan fingerprint density at radius 2 is 1.63 bits per heavy atom. The van der Waals surface area contributed by atoms with Crippen molar-refractivity contribution in [3.05, 3.63) is 72.4 Å². The van der Waals surface area contributed by atoms with Crippen LogP contribution in [0.1, 0.15) is 98.3 Å². The van der Waals surface area contributed by atoms with Crippen molar-refractivity contribution < 1.29 is 9.59 Å². The zero-order chi connectivity index (χ0) is 37.2. The second-order valence-corrected chi connectivity index (χ2v) is 18.2. The fourth-order valence-corrected chi connectivity index (χ4v) is 8.57. The lowest BCUT2D eigenvalue weighted by Crippen LogP contribution is -2.48. The second kappa shape index (κ2) is 13.5. The fraction of sp³-hybridized carbons (Fsp3) is 0.476. The van der Waals surface area contributed by atoms with Crippen molar-refractivity contribution in [3.63, 3.8) is 0 Å². The van der Waals surface area contributed by atoms with Gasteiger partial charge >= 0.3 is 0 Å². The molecule has 52 heavy (non-hydrogen) atoms. The molecule has 5 unspecified atom stereocenters. The van der Waals surface area contributed by atoms with E-state index >= 15 is 0 Å². The van der Waals surface area contributed by atoms with Crippen LogP contribution in [0.3, 0.4) is 0 Å². The maximum atomic E-state index is 13.8. The van der Waals surface area contributed by atoms with Crippen LogP contribution in [0.5, 0.6) is 0 Å². The van der Waals surface area contributed by atoms with Crippen LogP contribution in [0.4, 0.5) is 0 Å². The molecule has 2 saturated heterocycles. The third kappa shape index (κ3) is 6.40. The predicted octanol–water partition coefficient (Wildman–Crippen LogP) is 9.22. The van der Waals surface area contributed by atoms with Gasteiger partial charge in [0.15, 0.2) is 0 Å². The lowest BCUT2D eigenvalue weighted by molar-refractivity contribution is -0.139. The Bertz CT molecular complexity index is 2150. The Balaban J connectivity index is 1.11. The van der Waals surface area contributed by atoms with E-state index in [-0.39, 0.29) is 35.1 Å². The van der Waals surface area contributed by atoms with Gasteiger partial charge in [-0.3, -0.25) is 9.59 Å². The number of hydrogen-bond donors (Lipinski definition) is 3. The Labute approximate surface area is 316 Å². The van der Waals surface area contributed by atoms with E-state index in [0.29, 0.717) is 12.4 Å². The standard InChI is InChI=1S/C42H51N6O2SSi/c1-8-25(2)41(7,52)39(50)48-20-10-18-42(48,51)38-45-32-17-16-30(23-33(32)46-38)28-12-13-29-22-31(15-14-27(29)21-28)34-24-43-36(44-34)35-11-9-19-47(35)37(49)26(3)40(4,5)6/h12-17,21-26,35,51H,8-11,18-20H2,1-7H3,(H,43,44)(H,45,46). The monoisotopic (exact) mass is 731 g/mol. The van der Waals surface area contributed by atoms with Gasteiger partial charge in [0.25, 0.3) is 0 Å².